The Kier molecular flexibility index (Phi) is 5.67. The summed E-state index contributed by atoms with van der Waals surface area (Å²) in [6, 6.07) is 9.73. The molecule has 0 heterocycles. The predicted octanol–water partition coefficient (Wildman–Crippen LogP) is 3.42. The van der Waals surface area contributed by atoms with Gasteiger partial charge in [0.15, 0.2) is 0 Å². The van der Waals surface area contributed by atoms with Gasteiger partial charge in [-0.25, -0.2) is 0 Å². The largest absolute Gasteiger partial charge is 0.459 e. The molecule has 0 aliphatic heterocycles. The van der Waals surface area contributed by atoms with Gasteiger partial charge in [-0.05, 0) is 30.7 Å². The second-order valence-electron chi connectivity index (χ2n) is 6.60. The van der Waals surface area contributed by atoms with Gasteiger partial charge in [0, 0.05) is 18.0 Å². The molecule has 0 bridgehead atoms. The van der Waals surface area contributed by atoms with Crippen LogP contribution in [-0.2, 0) is 14.4 Å². The second-order valence-corrected chi connectivity index (χ2v) is 6.60. The highest BCUT2D eigenvalue weighted by atomic mass is 16.6. The quantitative estimate of drug-likeness (QED) is 0.640. The molecule has 0 spiro atoms. The van der Waals surface area contributed by atoms with Gasteiger partial charge >= 0.3 is 5.97 Å². The second kappa shape index (κ2) is 7.53. The molecule has 2 unspecified atom stereocenters. The van der Waals surface area contributed by atoms with Crippen molar-refractivity contribution in [2.24, 2.45) is 5.41 Å². The van der Waals surface area contributed by atoms with Crippen LogP contribution in [0.1, 0.15) is 27.7 Å². The lowest BCUT2D eigenvalue weighted by Gasteiger charge is -2.35. The maximum atomic E-state index is 11.7. The molecule has 0 saturated carbocycles. The lowest BCUT2D eigenvalue weighted by Crippen LogP contribution is -2.44. The zero-order chi connectivity index (χ0) is 17.7. The van der Waals surface area contributed by atoms with Crippen molar-refractivity contribution in [1.82, 2.24) is 5.48 Å². The van der Waals surface area contributed by atoms with E-state index in [1.165, 1.54) is 6.92 Å². The standard InChI is InChI=1S/C19H26N2O3/c1-13-11-16(20-15-9-7-6-8-10-15)18(24-14(2)22)19(3,4)12-17(13)21-23-5/h6-12,16,18,20-21H,1-5H3. The third-order valence-corrected chi connectivity index (χ3v) is 4.04. The highest BCUT2D eigenvalue weighted by molar-refractivity contribution is 5.66. The van der Waals surface area contributed by atoms with Crippen LogP contribution < -0.4 is 10.8 Å². The number of benzene rings is 1. The fraction of sp³-hybridized carbons (Fsp3) is 0.421. The van der Waals surface area contributed by atoms with Crippen LogP contribution >= 0.6 is 0 Å². The van der Waals surface area contributed by atoms with E-state index in [-0.39, 0.29) is 18.1 Å². The van der Waals surface area contributed by atoms with E-state index in [2.05, 4.69) is 16.9 Å². The number of carbonyl (C=O) groups is 1. The molecule has 0 saturated heterocycles. The summed E-state index contributed by atoms with van der Waals surface area (Å²) in [6.07, 6.45) is 3.75. The first-order valence-corrected chi connectivity index (χ1v) is 8.03. The molecule has 5 heteroatoms. The van der Waals surface area contributed by atoms with Gasteiger partial charge in [0.05, 0.1) is 18.8 Å². The van der Waals surface area contributed by atoms with E-state index in [9.17, 15) is 4.79 Å². The summed E-state index contributed by atoms with van der Waals surface area (Å²) in [5, 5.41) is 3.47. The number of nitrogens with one attached hydrogen (secondary N) is 2. The number of carbonyl (C=O) groups excluding carboxylic acids is 1. The highest BCUT2D eigenvalue weighted by Gasteiger charge is 2.38. The smallest absolute Gasteiger partial charge is 0.303 e. The molecule has 1 aliphatic rings. The lowest BCUT2D eigenvalue weighted by atomic mass is 9.82. The minimum Gasteiger partial charge on any atom is -0.459 e. The maximum absolute atomic E-state index is 11.7. The van der Waals surface area contributed by atoms with Gasteiger partial charge in [0.1, 0.15) is 6.10 Å². The number of para-hydroxylation sites is 1. The molecule has 1 aromatic carbocycles. The first-order valence-electron chi connectivity index (χ1n) is 8.03. The minimum absolute atomic E-state index is 0.168. The van der Waals surface area contributed by atoms with Crippen LogP contribution in [0.3, 0.4) is 0 Å². The van der Waals surface area contributed by atoms with E-state index < -0.39 is 5.41 Å². The van der Waals surface area contributed by atoms with Gasteiger partial charge in [-0.2, -0.15) is 0 Å². The third-order valence-electron chi connectivity index (χ3n) is 4.04. The Morgan fingerprint density at radius 1 is 1.21 bits per heavy atom. The van der Waals surface area contributed by atoms with Crippen LogP contribution in [0.25, 0.3) is 0 Å². The lowest BCUT2D eigenvalue weighted by molar-refractivity contribution is -0.151. The molecular formula is C19H26N2O3. The van der Waals surface area contributed by atoms with E-state index in [4.69, 9.17) is 9.57 Å². The van der Waals surface area contributed by atoms with E-state index >= 15 is 0 Å². The molecule has 2 rings (SSSR count). The van der Waals surface area contributed by atoms with Crippen molar-refractivity contribution in [3.8, 4) is 0 Å². The number of allylic oxidation sites excluding steroid dienone is 1. The summed E-state index contributed by atoms with van der Waals surface area (Å²) in [6.45, 7) is 7.53. The third kappa shape index (κ3) is 4.38. The summed E-state index contributed by atoms with van der Waals surface area (Å²) in [5.41, 5.74) is 5.39. The summed E-state index contributed by atoms with van der Waals surface area (Å²) < 4.78 is 5.69. The van der Waals surface area contributed by atoms with E-state index in [0.717, 1.165) is 17.0 Å². The van der Waals surface area contributed by atoms with Gasteiger partial charge in [-0.1, -0.05) is 38.1 Å². The summed E-state index contributed by atoms with van der Waals surface area (Å²) in [4.78, 5) is 16.8. The molecule has 0 aromatic heterocycles. The van der Waals surface area contributed by atoms with Gasteiger partial charge in [-0.3, -0.25) is 15.1 Å². The number of hydrogen-bond donors (Lipinski definition) is 2. The number of hydrogen-bond acceptors (Lipinski definition) is 5. The topological polar surface area (TPSA) is 59.6 Å². The number of esters is 1. The zero-order valence-corrected chi connectivity index (χ0v) is 14.9. The molecule has 0 fully saturated rings. The Hall–Kier alpha value is -2.27. The van der Waals surface area contributed by atoms with Gasteiger partial charge < -0.3 is 10.1 Å². The molecular weight excluding hydrogens is 304 g/mol. The summed E-state index contributed by atoms with van der Waals surface area (Å²) in [7, 11) is 1.58. The molecule has 0 radical (unpaired) electrons. The van der Waals surface area contributed by atoms with E-state index in [1.807, 2.05) is 57.2 Å². The highest BCUT2D eigenvalue weighted by Crippen LogP contribution is 2.35. The Morgan fingerprint density at radius 2 is 1.88 bits per heavy atom. The molecule has 0 amide bonds. The molecule has 2 N–H and O–H groups in total. The van der Waals surface area contributed by atoms with Crippen molar-refractivity contribution in [2.75, 3.05) is 12.4 Å². The van der Waals surface area contributed by atoms with Crippen LogP contribution in [0, 0.1) is 5.41 Å². The molecule has 1 aliphatic carbocycles. The fourth-order valence-electron chi connectivity index (χ4n) is 2.95. The van der Waals surface area contributed by atoms with Crippen molar-refractivity contribution < 1.29 is 14.4 Å². The summed E-state index contributed by atoms with van der Waals surface area (Å²) >= 11 is 0. The first kappa shape index (κ1) is 18.1. The van der Waals surface area contributed by atoms with Crippen molar-refractivity contribution >= 4 is 11.7 Å². The number of rotatable bonds is 5. The zero-order valence-electron chi connectivity index (χ0n) is 14.9. The van der Waals surface area contributed by atoms with Crippen LogP contribution in [0.2, 0.25) is 0 Å². The SMILES string of the molecule is CONC1=CC(C)(C)C(OC(C)=O)C(Nc2ccccc2)C=C1C. The molecule has 24 heavy (non-hydrogen) atoms. The van der Waals surface area contributed by atoms with Crippen LogP contribution in [0.4, 0.5) is 5.69 Å². The average Bonchev–Trinajstić information content (AvgIpc) is 2.59. The first-order chi connectivity index (χ1) is 11.3. The number of anilines is 1. The van der Waals surface area contributed by atoms with Crippen molar-refractivity contribution in [3.05, 3.63) is 53.8 Å². The minimum atomic E-state index is -0.396. The van der Waals surface area contributed by atoms with Gasteiger partial charge in [0.25, 0.3) is 0 Å². The Balaban J connectivity index is 2.41. The van der Waals surface area contributed by atoms with E-state index in [0.29, 0.717) is 0 Å². The van der Waals surface area contributed by atoms with Crippen LogP contribution in [0.15, 0.2) is 53.8 Å². The molecule has 2 atom stereocenters. The van der Waals surface area contributed by atoms with E-state index in [1.54, 1.807) is 7.11 Å². The Labute approximate surface area is 143 Å². The van der Waals surface area contributed by atoms with Crippen molar-refractivity contribution in [1.29, 1.82) is 0 Å². The normalized spacial score (nSPS) is 22.7. The van der Waals surface area contributed by atoms with Gasteiger partial charge in [0.2, 0.25) is 0 Å². The summed E-state index contributed by atoms with van der Waals surface area (Å²) in [5.74, 6) is -0.296. The van der Waals surface area contributed by atoms with Gasteiger partial charge in [-0.15, -0.1) is 0 Å². The van der Waals surface area contributed by atoms with Crippen molar-refractivity contribution in [2.45, 2.75) is 39.8 Å². The molecule has 5 nitrogen and oxygen atoms in total. The fourth-order valence-corrected chi connectivity index (χ4v) is 2.95. The van der Waals surface area contributed by atoms with Crippen LogP contribution in [-0.4, -0.2) is 25.2 Å². The average molecular weight is 330 g/mol. The van der Waals surface area contributed by atoms with Crippen molar-refractivity contribution in [3.63, 3.8) is 0 Å². The molecule has 1 aromatic rings. The number of ether oxygens (including phenoxy) is 1. The number of hydroxylamine groups is 1. The molecule has 130 valence electrons. The monoisotopic (exact) mass is 330 g/mol. The Bertz CT molecular complexity index is 635. The predicted molar refractivity (Wildman–Crippen MR) is 95.2 cm³/mol. The Morgan fingerprint density at radius 3 is 2.46 bits per heavy atom. The van der Waals surface area contributed by atoms with Crippen LogP contribution in [0.5, 0.6) is 0 Å². The maximum Gasteiger partial charge on any atom is 0.303 e.